The van der Waals surface area contributed by atoms with Crippen molar-refractivity contribution in [3.05, 3.63) is 81.7 Å². The van der Waals surface area contributed by atoms with Gasteiger partial charge in [-0.2, -0.15) is 5.10 Å². The van der Waals surface area contributed by atoms with E-state index < -0.39 is 0 Å². The summed E-state index contributed by atoms with van der Waals surface area (Å²) in [6.07, 6.45) is 1.61. The molecule has 5 nitrogen and oxygen atoms in total. The SMILES string of the molecule is Cc1[nH]nc2c(Cl)cc(-c3cc4c(=O)cc[nH]c4nc3-c3ccccc3)cc12. The average Bonchev–Trinajstić information content (AvgIpc) is 3.09. The van der Waals surface area contributed by atoms with Crippen LogP contribution in [0, 0.1) is 6.92 Å². The number of nitrogens with zero attached hydrogens (tertiary/aromatic N) is 2. The molecule has 0 saturated heterocycles. The van der Waals surface area contributed by atoms with Crippen LogP contribution >= 0.6 is 11.6 Å². The largest absolute Gasteiger partial charge is 0.346 e. The van der Waals surface area contributed by atoms with Gasteiger partial charge in [-0.3, -0.25) is 9.89 Å². The minimum absolute atomic E-state index is 0.0752. The van der Waals surface area contributed by atoms with Crippen LogP contribution in [0.15, 0.2) is 65.6 Å². The number of aromatic nitrogens is 4. The van der Waals surface area contributed by atoms with Gasteiger partial charge in [0.2, 0.25) is 0 Å². The Morgan fingerprint density at radius 1 is 0.964 bits per heavy atom. The summed E-state index contributed by atoms with van der Waals surface area (Å²) in [5.41, 5.74) is 5.63. The van der Waals surface area contributed by atoms with Gasteiger partial charge in [-0.05, 0) is 30.7 Å². The number of fused-ring (bicyclic) bond motifs is 2. The Bertz CT molecular complexity index is 1400. The van der Waals surface area contributed by atoms with Gasteiger partial charge in [0.05, 0.1) is 16.1 Å². The molecule has 0 aliphatic rings. The molecule has 0 unspecified atom stereocenters. The quantitative estimate of drug-likeness (QED) is 0.443. The number of pyridine rings is 2. The fourth-order valence-electron chi connectivity index (χ4n) is 3.49. The summed E-state index contributed by atoms with van der Waals surface area (Å²) in [6.45, 7) is 1.96. The van der Waals surface area contributed by atoms with E-state index in [1.807, 2.05) is 55.5 Å². The number of nitrogens with one attached hydrogen (secondary N) is 2. The van der Waals surface area contributed by atoms with E-state index in [2.05, 4.69) is 15.2 Å². The van der Waals surface area contributed by atoms with Crippen molar-refractivity contribution in [2.24, 2.45) is 0 Å². The molecule has 3 heterocycles. The monoisotopic (exact) mass is 386 g/mol. The number of aromatic amines is 2. The lowest BCUT2D eigenvalue weighted by atomic mass is 9.97. The van der Waals surface area contributed by atoms with E-state index in [4.69, 9.17) is 16.6 Å². The van der Waals surface area contributed by atoms with Crippen molar-refractivity contribution in [3.63, 3.8) is 0 Å². The number of hydrogen-bond acceptors (Lipinski definition) is 3. The van der Waals surface area contributed by atoms with Crippen LogP contribution in [0.2, 0.25) is 5.02 Å². The van der Waals surface area contributed by atoms with Gasteiger partial charge in [0.15, 0.2) is 5.43 Å². The zero-order valence-electron chi connectivity index (χ0n) is 15.0. The van der Waals surface area contributed by atoms with Gasteiger partial charge in [0, 0.05) is 34.5 Å². The molecule has 0 bridgehead atoms. The lowest BCUT2D eigenvalue weighted by Gasteiger charge is -2.12. The fraction of sp³-hybridized carbons (Fsp3) is 0.0455. The second-order valence-electron chi connectivity index (χ2n) is 6.69. The van der Waals surface area contributed by atoms with Gasteiger partial charge in [-0.25, -0.2) is 4.98 Å². The summed E-state index contributed by atoms with van der Waals surface area (Å²) >= 11 is 6.50. The summed E-state index contributed by atoms with van der Waals surface area (Å²) in [5.74, 6) is 0. The number of hydrogen-bond donors (Lipinski definition) is 2. The Kier molecular flexibility index (Phi) is 3.77. The van der Waals surface area contributed by atoms with Gasteiger partial charge in [0.25, 0.3) is 0 Å². The Hall–Kier alpha value is -3.44. The summed E-state index contributed by atoms with van der Waals surface area (Å²) in [6, 6.07) is 17.2. The molecule has 0 atom stereocenters. The minimum Gasteiger partial charge on any atom is -0.346 e. The zero-order chi connectivity index (χ0) is 19.3. The van der Waals surface area contributed by atoms with Crippen LogP contribution in [0.25, 0.3) is 44.3 Å². The molecule has 0 fully saturated rings. The van der Waals surface area contributed by atoms with E-state index in [0.29, 0.717) is 16.1 Å². The molecule has 0 radical (unpaired) electrons. The van der Waals surface area contributed by atoms with Crippen LogP contribution in [0.3, 0.4) is 0 Å². The van der Waals surface area contributed by atoms with Crippen LogP contribution in [-0.4, -0.2) is 20.2 Å². The standard InChI is InChI=1S/C22H15ClN4O/c1-12-15-9-14(10-18(23)21(15)27-26-12)16-11-17-19(28)7-8-24-22(17)25-20(16)13-5-3-2-4-6-13/h2-11H,1H3,(H,26,27)(H,24,25,28). The van der Waals surface area contributed by atoms with Crippen LogP contribution < -0.4 is 5.43 Å². The maximum Gasteiger partial charge on any atom is 0.191 e. The Morgan fingerprint density at radius 3 is 2.61 bits per heavy atom. The molecule has 0 spiro atoms. The third kappa shape index (κ3) is 2.60. The number of benzene rings is 2. The van der Waals surface area contributed by atoms with E-state index in [-0.39, 0.29) is 5.43 Å². The number of rotatable bonds is 2. The first-order valence-corrected chi connectivity index (χ1v) is 9.22. The first kappa shape index (κ1) is 16.7. The maximum atomic E-state index is 12.4. The highest BCUT2D eigenvalue weighted by atomic mass is 35.5. The van der Waals surface area contributed by atoms with Crippen molar-refractivity contribution in [3.8, 4) is 22.4 Å². The molecule has 0 aliphatic carbocycles. The van der Waals surface area contributed by atoms with Gasteiger partial charge < -0.3 is 4.98 Å². The van der Waals surface area contributed by atoms with Crippen LogP contribution in [0.5, 0.6) is 0 Å². The topological polar surface area (TPSA) is 74.4 Å². The van der Waals surface area contributed by atoms with Crippen molar-refractivity contribution in [2.45, 2.75) is 6.92 Å². The molecular formula is C22H15ClN4O. The second kappa shape index (κ2) is 6.32. The predicted octanol–water partition coefficient (Wildman–Crippen LogP) is 5.10. The predicted molar refractivity (Wildman–Crippen MR) is 113 cm³/mol. The first-order valence-electron chi connectivity index (χ1n) is 8.84. The molecular weight excluding hydrogens is 372 g/mol. The zero-order valence-corrected chi connectivity index (χ0v) is 15.7. The van der Waals surface area contributed by atoms with Gasteiger partial charge in [-0.15, -0.1) is 0 Å². The summed E-state index contributed by atoms with van der Waals surface area (Å²) in [5, 5.41) is 9.29. The highest BCUT2D eigenvalue weighted by molar-refractivity contribution is 6.35. The Balaban J connectivity index is 1.89. The number of halogens is 1. The molecule has 0 amide bonds. The van der Waals surface area contributed by atoms with Crippen molar-refractivity contribution < 1.29 is 0 Å². The van der Waals surface area contributed by atoms with E-state index >= 15 is 0 Å². The minimum atomic E-state index is -0.0752. The van der Waals surface area contributed by atoms with Crippen molar-refractivity contribution >= 4 is 33.5 Å². The third-order valence-corrected chi connectivity index (χ3v) is 5.19. The molecule has 28 heavy (non-hydrogen) atoms. The summed E-state index contributed by atoms with van der Waals surface area (Å²) < 4.78 is 0. The van der Waals surface area contributed by atoms with E-state index in [0.717, 1.165) is 39.0 Å². The average molecular weight is 387 g/mol. The lowest BCUT2D eigenvalue weighted by molar-refractivity contribution is 1.07. The normalized spacial score (nSPS) is 11.4. The highest BCUT2D eigenvalue weighted by Gasteiger charge is 2.16. The molecule has 5 aromatic rings. The van der Waals surface area contributed by atoms with E-state index in [1.165, 1.54) is 6.07 Å². The van der Waals surface area contributed by atoms with E-state index in [1.54, 1.807) is 6.20 Å². The van der Waals surface area contributed by atoms with Crippen molar-refractivity contribution in [1.29, 1.82) is 0 Å². The fourth-order valence-corrected chi connectivity index (χ4v) is 3.75. The highest BCUT2D eigenvalue weighted by Crippen LogP contribution is 2.36. The Morgan fingerprint density at radius 2 is 1.79 bits per heavy atom. The van der Waals surface area contributed by atoms with Gasteiger partial charge in [-0.1, -0.05) is 41.9 Å². The van der Waals surface area contributed by atoms with Crippen molar-refractivity contribution in [2.75, 3.05) is 0 Å². The molecule has 6 heteroatoms. The van der Waals surface area contributed by atoms with E-state index in [9.17, 15) is 4.79 Å². The summed E-state index contributed by atoms with van der Waals surface area (Å²) in [4.78, 5) is 20.3. The molecule has 2 N–H and O–H groups in total. The smallest absolute Gasteiger partial charge is 0.191 e. The molecule has 3 aromatic heterocycles. The molecule has 0 aliphatic heterocycles. The summed E-state index contributed by atoms with van der Waals surface area (Å²) in [7, 11) is 0. The third-order valence-electron chi connectivity index (χ3n) is 4.90. The van der Waals surface area contributed by atoms with Crippen LogP contribution in [-0.2, 0) is 0 Å². The lowest BCUT2D eigenvalue weighted by Crippen LogP contribution is -2.03. The van der Waals surface area contributed by atoms with Crippen LogP contribution in [0.1, 0.15) is 5.69 Å². The molecule has 136 valence electrons. The molecule has 0 saturated carbocycles. The number of aryl methyl sites for hydroxylation is 1. The maximum absolute atomic E-state index is 12.4. The Labute approximate surface area is 165 Å². The molecule has 5 rings (SSSR count). The van der Waals surface area contributed by atoms with Gasteiger partial charge >= 0.3 is 0 Å². The van der Waals surface area contributed by atoms with Crippen LogP contribution in [0.4, 0.5) is 0 Å². The van der Waals surface area contributed by atoms with Crippen molar-refractivity contribution in [1.82, 2.24) is 20.2 Å². The first-order chi connectivity index (χ1) is 13.6. The molecule has 2 aromatic carbocycles. The second-order valence-corrected chi connectivity index (χ2v) is 7.10. The number of H-pyrrole nitrogens is 2. The van der Waals surface area contributed by atoms with Gasteiger partial charge in [0.1, 0.15) is 11.2 Å².